The summed E-state index contributed by atoms with van der Waals surface area (Å²) in [6, 6.07) is 10.6. The van der Waals surface area contributed by atoms with Crippen molar-refractivity contribution in [2.75, 3.05) is 44.7 Å². The molecule has 160 valence electrons. The lowest BCUT2D eigenvalue weighted by atomic mass is 10.2. The van der Waals surface area contributed by atoms with Gasteiger partial charge in [-0.1, -0.05) is 0 Å². The van der Waals surface area contributed by atoms with E-state index in [1.54, 1.807) is 6.07 Å². The molecule has 0 saturated carbocycles. The number of morpholine rings is 1. The van der Waals surface area contributed by atoms with Gasteiger partial charge in [0.25, 0.3) is 5.69 Å². The number of hydrogen-bond acceptors (Lipinski definition) is 7. The van der Waals surface area contributed by atoms with E-state index >= 15 is 0 Å². The monoisotopic (exact) mass is 421 g/mol. The average molecular weight is 421 g/mol. The van der Waals surface area contributed by atoms with E-state index < -0.39 is 4.92 Å². The molecule has 3 heterocycles. The number of non-ortho nitro benzene ring substituents is 1. The predicted octanol–water partition coefficient (Wildman–Crippen LogP) is 3.15. The normalized spacial score (nSPS) is 15.0. The van der Waals surface area contributed by atoms with E-state index in [-0.39, 0.29) is 5.69 Å². The maximum Gasteiger partial charge on any atom is 0.270 e. The Morgan fingerprint density at radius 1 is 1.16 bits per heavy atom. The molecule has 31 heavy (non-hydrogen) atoms. The molecule has 0 atom stereocenters. The topological polar surface area (TPSA) is 125 Å². The second-order valence-electron chi connectivity index (χ2n) is 7.61. The van der Waals surface area contributed by atoms with Crippen molar-refractivity contribution in [2.45, 2.75) is 6.42 Å². The number of aromatic amines is 2. The van der Waals surface area contributed by atoms with Gasteiger partial charge in [0.15, 0.2) is 5.82 Å². The summed E-state index contributed by atoms with van der Waals surface area (Å²) in [6.45, 7) is 5.61. The third-order valence-corrected chi connectivity index (χ3v) is 5.55. The van der Waals surface area contributed by atoms with Gasteiger partial charge in [-0.2, -0.15) is 5.10 Å². The molecule has 1 saturated heterocycles. The Labute approximate surface area is 177 Å². The van der Waals surface area contributed by atoms with Crippen molar-refractivity contribution in [3.63, 3.8) is 0 Å². The number of ether oxygens (including phenoxy) is 1. The second kappa shape index (κ2) is 8.32. The highest BCUT2D eigenvalue weighted by Gasteiger charge is 2.16. The van der Waals surface area contributed by atoms with Gasteiger partial charge < -0.3 is 15.0 Å². The van der Waals surface area contributed by atoms with Crippen LogP contribution in [0.2, 0.25) is 0 Å². The molecule has 10 heteroatoms. The third-order valence-electron chi connectivity index (χ3n) is 5.55. The number of H-pyrrole nitrogens is 2. The highest BCUT2D eigenvalue weighted by atomic mass is 16.6. The molecule has 0 spiro atoms. The van der Waals surface area contributed by atoms with E-state index in [4.69, 9.17) is 4.74 Å². The summed E-state index contributed by atoms with van der Waals surface area (Å²) < 4.78 is 5.38. The zero-order chi connectivity index (χ0) is 21.2. The molecule has 0 amide bonds. The number of imidazole rings is 1. The number of benzene rings is 2. The lowest BCUT2D eigenvalue weighted by molar-refractivity contribution is -0.384. The number of hydrogen-bond donors (Lipinski definition) is 3. The van der Waals surface area contributed by atoms with Crippen molar-refractivity contribution in [1.29, 1.82) is 0 Å². The van der Waals surface area contributed by atoms with Crippen LogP contribution >= 0.6 is 0 Å². The fourth-order valence-electron chi connectivity index (χ4n) is 3.89. The molecule has 1 fully saturated rings. The lowest BCUT2D eigenvalue weighted by Gasteiger charge is -2.26. The largest absolute Gasteiger partial charge is 0.385 e. The summed E-state index contributed by atoms with van der Waals surface area (Å²) in [5, 5.41) is 22.5. The van der Waals surface area contributed by atoms with Crippen LogP contribution in [0.3, 0.4) is 0 Å². The number of anilines is 1. The summed E-state index contributed by atoms with van der Waals surface area (Å²) in [5.41, 5.74) is 4.03. The molecular formula is C21H23N7O3. The Bertz CT molecular complexity index is 1230. The van der Waals surface area contributed by atoms with E-state index in [0.29, 0.717) is 16.9 Å². The van der Waals surface area contributed by atoms with Crippen LogP contribution in [0.4, 0.5) is 11.4 Å². The number of rotatable bonds is 7. The van der Waals surface area contributed by atoms with Gasteiger partial charge in [-0.15, -0.1) is 0 Å². The average Bonchev–Trinajstić information content (AvgIpc) is 3.40. The van der Waals surface area contributed by atoms with Crippen LogP contribution in [0.1, 0.15) is 6.42 Å². The van der Waals surface area contributed by atoms with E-state index in [1.807, 2.05) is 18.2 Å². The summed E-state index contributed by atoms with van der Waals surface area (Å²) in [5.74, 6) is 0.575. The van der Waals surface area contributed by atoms with Crippen molar-refractivity contribution < 1.29 is 9.66 Å². The molecule has 3 N–H and O–H groups in total. The van der Waals surface area contributed by atoms with Crippen molar-refractivity contribution in [1.82, 2.24) is 25.1 Å². The van der Waals surface area contributed by atoms with Gasteiger partial charge in [-0.3, -0.25) is 20.1 Å². The van der Waals surface area contributed by atoms with Crippen molar-refractivity contribution in [3.8, 4) is 11.5 Å². The highest BCUT2D eigenvalue weighted by molar-refractivity contribution is 5.94. The van der Waals surface area contributed by atoms with Gasteiger partial charge in [-0.25, -0.2) is 4.98 Å². The van der Waals surface area contributed by atoms with Gasteiger partial charge in [0.2, 0.25) is 0 Å². The highest BCUT2D eigenvalue weighted by Crippen LogP contribution is 2.29. The molecule has 1 aliphatic rings. The van der Waals surface area contributed by atoms with Gasteiger partial charge in [-0.05, 0) is 37.2 Å². The molecule has 0 unspecified atom stereocenters. The number of nitrogens with zero attached hydrogens (tertiary/aromatic N) is 4. The number of fused-ring (bicyclic) bond motifs is 2. The maximum atomic E-state index is 11.1. The van der Waals surface area contributed by atoms with Gasteiger partial charge in [0.05, 0.1) is 34.7 Å². The van der Waals surface area contributed by atoms with Crippen LogP contribution in [-0.2, 0) is 4.74 Å². The Morgan fingerprint density at radius 2 is 2.03 bits per heavy atom. The molecule has 5 rings (SSSR count). The third kappa shape index (κ3) is 4.07. The summed E-state index contributed by atoms with van der Waals surface area (Å²) >= 11 is 0. The number of nitro benzene ring substituents is 1. The molecular weight excluding hydrogens is 398 g/mol. The molecule has 2 aromatic heterocycles. The zero-order valence-corrected chi connectivity index (χ0v) is 16.9. The standard InChI is InChI=1S/C21H23N7O3/c29-28(30)15-3-5-17-16(13-15)20(26-25-17)21-23-18-4-2-14(12-19(18)24-21)22-6-1-7-27-8-10-31-11-9-27/h2-5,12-13,22H,1,6-11H2,(H,23,24)(H,25,26). The van der Waals surface area contributed by atoms with Crippen LogP contribution in [0.5, 0.6) is 0 Å². The van der Waals surface area contributed by atoms with Gasteiger partial charge >= 0.3 is 0 Å². The predicted molar refractivity (Wildman–Crippen MR) is 118 cm³/mol. The maximum absolute atomic E-state index is 11.1. The van der Waals surface area contributed by atoms with E-state index in [9.17, 15) is 10.1 Å². The zero-order valence-electron chi connectivity index (χ0n) is 16.9. The fraction of sp³-hybridized carbons (Fsp3) is 0.333. The van der Waals surface area contributed by atoms with Crippen LogP contribution in [0.15, 0.2) is 36.4 Å². The first-order valence-electron chi connectivity index (χ1n) is 10.3. The van der Waals surface area contributed by atoms with E-state index in [1.165, 1.54) is 12.1 Å². The van der Waals surface area contributed by atoms with Crippen LogP contribution in [0.25, 0.3) is 33.5 Å². The first-order chi connectivity index (χ1) is 15.2. The van der Waals surface area contributed by atoms with Crippen molar-refractivity contribution in [3.05, 3.63) is 46.5 Å². The van der Waals surface area contributed by atoms with Gasteiger partial charge in [0, 0.05) is 42.8 Å². The van der Waals surface area contributed by atoms with Crippen molar-refractivity contribution >= 4 is 33.3 Å². The smallest absolute Gasteiger partial charge is 0.270 e. The Morgan fingerprint density at radius 3 is 2.87 bits per heavy atom. The summed E-state index contributed by atoms with van der Waals surface area (Å²) in [7, 11) is 0. The van der Waals surface area contributed by atoms with E-state index in [0.717, 1.165) is 68.1 Å². The van der Waals surface area contributed by atoms with Crippen LogP contribution in [-0.4, -0.2) is 69.4 Å². The van der Waals surface area contributed by atoms with Crippen LogP contribution < -0.4 is 5.32 Å². The van der Waals surface area contributed by atoms with Crippen molar-refractivity contribution in [2.24, 2.45) is 0 Å². The first-order valence-corrected chi connectivity index (χ1v) is 10.3. The Hall–Kier alpha value is -3.50. The molecule has 1 aliphatic heterocycles. The minimum absolute atomic E-state index is 0.0230. The molecule has 0 aliphatic carbocycles. The SMILES string of the molecule is O=[N+]([O-])c1ccc2[nH]nc(-c3nc4ccc(NCCCN5CCOCC5)cc4[nH]3)c2c1. The first kappa shape index (κ1) is 19.5. The molecule has 2 aromatic carbocycles. The molecule has 4 aromatic rings. The summed E-state index contributed by atoms with van der Waals surface area (Å²) in [6.07, 6.45) is 1.06. The number of aromatic nitrogens is 4. The minimum atomic E-state index is -0.411. The fourth-order valence-corrected chi connectivity index (χ4v) is 3.89. The minimum Gasteiger partial charge on any atom is -0.385 e. The lowest BCUT2D eigenvalue weighted by Crippen LogP contribution is -2.37. The molecule has 0 radical (unpaired) electrons. The number of nitrogens with one attached hydrogen (secondary N) is 3. The molecule has 0 bridgehead atoms. The quantitative estimate of drug-likeness (QED) is 0.238. The van der Waals surface area contributed by atoms with E-state index in [2.05, 4.69) is 30.4 Å². The van der Waals surface area contributed by atoms with Gasteiger partial charge in [0.1, 0.15) is 5.69 Å². The second-order valence-corrected chi connectivity index (χ2v) is 7.61. The molecule has 10 nitrogen and oxygen atoms in total. The number of nitro groups is 1. The van der Waals surface area contributed by atoms with Crippen LogP contribution in [0, 0.1) is 10.1 Å². The summed E-state index contributed by atoms with van der Waals surface area (Å²) in [4.78, 5) is 21.1. The Kier molecular flexibility index (Phi) is 5.23. The Balaban J connectivity index is 1.31.